The van der Waals surface area contributed by atoms with Crippen molar-refractivity contribution >= 4 is 45.6 Å². The van der Waals surface area contributed by atoms with E-state index in [1.807, 2.05) is 55.5 Å². The zero-order valence-corrected chi connectivity index (χ0v) is 21.1. The number of benzene rings is 2. The predicted octanol–water partition coefficient (Wildman–Crippen LogP) is 5.13. The van der Waals surface area contributed by atoms with Crippen LogP contribution in [0.15, 0.2) is 48.5 Å². The van der Waals surface area contributed by atoms with Gasteiger partial charge in [0.25, 0.3) is 0 Å². The van der Waals surface area contributed by atoms with Crippen molar-refractivity contribution in [3.63, 3.8) is 0 Å². The van der Waals surface area contributed by atoms with Gasteiger partial charge in [0, 0.05) is 18.1 Å². The maximum atomic E-state index is 12.7. The highest BCUT2D eigenvalue weighted by Crippen LogP contribution is 2.39. The molecule has 1 aliphatic heterocycles. The van der Waals surface area contributed by atoms with Crippen molar-refractivity contribution in [1.82, 2.24) is 19.3 Å². The number of H-pyrrole nitrogens is 1. The van der Waals surface area contributed by atoms with Crippen LogP contribution in [-0.2, 0) is 27.5 Å². The Kier molecular flexibility index (Phi) is 7.20. The summed E-state index contributed by atoms with van der Waals surface area (Å²) in [6.07, 6.45) is 1.48. The fourth-order valence-corrected chi connectivity index (χ4v) is 5.36. The van der Waals surface area contributed by atoms with Crippen LogP contribution in [0.25, 0.3) is 21.9 Å². The number of rotatable bonds is 10. The molecule has 1 atom stereocenters. The smallest absolute Gasteiger partial charge is 0.301 e. The van der Waals surface area contributed by atoms with Crippen LogP contribution in [0.3, 0.4) is 0 Å². The van der Waals surface area contributed by atoms with E-state index in [2.05, 4.69) is 11.9 Å². The van der Waals surface area contributed by atoms with E-state index in [4.69, 9.17) is 19.4 Å². The number of hydrogen-bond acceptors (Lipinski definition) is 7. The normalized spacial score (nSPS) is 14.8. The van der Waals surface area contributed by atoms with E-state index in [1.54, 1.807) is 4.31 Å². The third kappa shape index (κ3) is 4.81. The SMILES string of the molecule is CCCC(c1nc2cc(OCc3ccccc3)ccc2c2[nH]c(COCC)nc12)N1SCC(=O)C1=O. The molecule has 0 bridgehead atoms. The molecule has 1 unspecified atom stereocenters. The molecule has 186 valence electrons. The van der Waals surface area contributed by atoms with Gasteiger partial charge in [-0.1, -0.05) is 43.7 Å². The number of carbonyl (C=O) groups excluding carboxylic acids is 2. The van der Waals surface area contributed by atoms with Crippen molar-refractivity contribution in [1.29, 1.82) is 0 Å². The number of Topliss-reactive ketones (excluding diaryl/α,β-unsaturated/α-hetero) is 1. The number of ketones is 1. The number of imidazole rings is 1. The summed E-state index contributed by atoms with van der Waals surface area (Å²) in [5.74, 6) is 0.696. The maximum Gasteiger partial charge on any atom is 0.301 e. The lowest BCUT2D eigenvalue weighted by molar-refractivity contribution is -0.139. The number of fused-ring (bicyclic) bond motifs is 3. The molecule has 1 fully saturated rings. The molecule has 9 heteroatoms. The summed E-state index contributed by atoms with van der Waals surface area (Å²) in [6.45, 7) is 5.36. The minimum atomic E-state index is -0.474. The fraction of sp³-hybridized carbons (Fsp3) is 0.333. The first kappa shape index (κ1) is 24.3. The summed E-state index contributed by atoms with van der Waals surface area (Å²) < 4.78 is 13.2. The molecule has 0 saturated carbocycles. The molecule has 5 rings (SSSR count). The van der Waals surface area contributed by atoms with Gasteiger partial charge in [0.15, 0.2) is 0 Å². The van der Waals surface area contributed by atoms with Crippen molar-refractivity contribution in [2.75, 3.05) is 12.4 Å². The van der Waals surface area contributed by atoms with Crippen LogP contribution in [0.1, 0.15) is 49.8 Å². The number of nitrogens with one attached hydrogen (secondary N) is 1. The van der Waals surface area contributed by atoms with Gasteiger partial charge in [0.1, 0.15) is 30.3 Å². The quantitative estimate of drug-likeness (QED) is 0.236. The number of amides is 1. The van der Waals surface area contributed by atoms with Crippen LogP contribution >= 0.6 is 11.9 Å². The Balaban J connectivity index is 1.60. The average molecular weight is 505 g/mol. The van der Waals surface area contributed by atoms with Gasteiger partial charge in [-0.2, -0.15) is 0 Å². The van der Waals surface area contributed by atoms with E-state index in [0.29, 0.717) is 49.0 Å². The lowest BCUT2D eigenvalue weighted by atomic mass is 10.0. The highest BCUT2D eigenvalue weighted by Gasteiger charge is 2.38. The molecule has 0 spiro atoms. The van der Waals surface area contributed by atoms with Crippen LogP contribution in [-0.4, -0.2) is 43.3 Å². The topological polar surface area (TPSA) is 97.4 Å². The standard InChI is InChI=1S/C27H28N4O4S/c1-3-8-21(31-27(33)22(32)16-36-31)25-26-24(29-23(30-26)15-34-4-2)19-12-11-18(13-20(19)28-25)35-14-17-9-6-5-7-10-17/h5-7,9-13,21H,3-4,8,14-16H2,1-2H3,(H,29,30). The summed E-state index contributed by atoms with van der Waals surface area (Å²) in [4.78, 5) is 38.0. The largest absolute Gasteiger partial charge is 0.489 e. The first-order chi connectivity index (χ1) is 17.6. The average Bonchev–Trinajstić information content (AvgIpc) is 3.48. The Hall–Kier alpha value is -3.43. The van der Waals surface area contributed by atoms with Gasteiger partial charge in [0.05, 0.1) is 28.5 Å². The van der Waals surface area contributed by atoms with Crippen LogP contribution < -0.4 is 4.74 Å². The van der Waals surface area contributed by atoms with Gasteiger partial charge in [0.2, 0.25) is 5.78 Å². The second-order valence-electron chi connectivity index (χ2n) is 8.63. The Labute approximate surface area is 213 Å². The molecule has 4 aromatic rings. The molecule has 2 aromatic heterocycles. The predicted molar refractivity (Wildman–Crippen MR) is 139 cm³/mol. The van der Waals surface area contributed by atoms with E-state index in [0.717, 1.165) is 28.4 Å². The van der Waals surface area contributed by atoms with Gasteiger partial charge < -0.3 is 14.5 Å². The van der Waals surface area contributed by atoms with Gasteiger partial charge in [-0.05, 0) is 43.0 Å². The zero-order chi connectivity index (χ0) is 25.1. The summed E-state index contributed by atoms with van der Waals surface area (Å²) in [7, 11) is 0. The Morgan fingerprint density at radius 1 is 1.08 bits per heavy atom. The van der Waals surface area contributed by atoms with Crippen molar-refractivity contribution in [2.45, 2.75) is 45.9 Å². The number of pyridine rings is 1. The molecule has 2 aromatic carbocycles. The summed E-state index contributed by atoms with van der Waals surface area (Å²) in [6, 6.07) is 15.4. The van der Waals surface area contributed by atoms with Crippen molar-refractivity contribution in [3.8, 4) is 5.75 Å². The Morgan fingerprint density at radius 2 is 1.92 bits per heavy atom. The van der Waals surface area contributed by atoms with Crippen LogP contribution in [0, 0.1) is 0 Å². The Morgan fingerprint density at radius 3 is 2.64 bits per heavy atom. The molecular formula is C27H28N4O4S. The third-order valence-electron chi connectivity index (χ3n) is 6.10. The monoisotopic (exact) mass is 504 g/mol. The lowest BCUT2D eigenvalue weighted by Gasteiger charge is -2.25. The highest BCUT2D eigenvalue weighted by atomic mass is 32.2. The lowest BCUT2D eigenvalue weighted by Crippen LogP contribution is -2.29. The molecular weight excluding hydrogens is 476 g/mol. The first-order valence-electron chi connectivity index (χ1n) is 12.1. The molecule has 3 heterocycles. The molecule has 0 aliphatic carbocycles. The molecule has 1 saturated heterocycles. The fourth-order valence-electron chi connectivity index (χ4n) is 4.37. The minimum absolute atomic E-state index is 0.156. The van der Waals surface area contributed by atoms with Crippen molar-refractivity contribution in [2.24, 2.45) is 0 Å². The number of carbonyl (C=O) groups is 2. The third-order valence-corrected chi connectivity index (χ3v) is 7.19. The second kappa shape index (κ2) is 10.7. The van der Waals surface area contributed by atoms with E-state index in [-0.39, 0.29) is 17.6 Å². The molecule has 1 aliphatic rings. The number of nitrogens with zero attached hydrogens (tertiary/aromatic N) is 3. The summed E-state index contributed by atoms with van der Waals surface area (Å²) >= 11 is 1.25. The molecule has 36 heavy (non-hydrogen) atoms. The van der Waals surface area contributed by atoms with Crippen LogP contribution in [0.2, 0.25) is 0 Å². The number of ether oxygens (including phenoxy) is 2. The molecule has 0 radical (unpaired) electrons. The van der Waals surface area contributed by atoms with E-state index in [9.17, 15) is 9.59 Å². The van der Waals surface area contributed by atoms with E-state index >= 15 is 0 Å². The zero-order valence-electron chi connectivity index (χ0n) is 20.3. The van der Waals surface area contributed by atoms with Gasteiger partial charge in [-0.3, -0.25) is 13.9 Å². The Bertz CT molecular complexity index is 1410. The van der Waals surface area contributed by atoms with Crippen LogP contribution in [0.4, 0.5) is 0 Å². The van der Waals surface area contributed by atoms with E-state index < -0.39 is 5.91 Å². The highest BCUT2D eigenvalue weighted by molar-refractivity contribution is 7.99. The summed E-state index contributed by atoms with van der Waals surface area (Å²) in [5.41, 5.74) is 4.02. The molecule has 1 amide bonds. The van der Waals surface area contributed by atoms with Crippen molar-refractivity contribution < 1.29 is 19.1 Å². The minimum Gasteiger partial charge on any atom is -0.489 e. The van der Waals surface area contributed by atoms with E-state index in [1.165, 1.54) is 11.9 Å². The molecule has 1 N–H and O–H groups in total. The summed E-state index contributed by atoms with van der Waals surface area (Å²) in [5, 5.41) is 0.905. The van der Waals surface area contributed by atoms with Crippen LogP contribution in [0.5, 0.6) is 5.75 Å². The number of aromatic nitrogens is 3. The van der Waals surface area contributed by atoms with Gasteiger partial charge >= 0.3 is 5.91 Å². The number of hydrogen-bond donors (Lipinski definition) is 1. The van der Waals surface area contributed by atoms with Crippen molar-refractivity contribution in [3.05, 3.63) is 65.6 Å². The molecule has 8 nitrogen and oxygen atoms in total. The van der Waals surface area contributed by atoms with Gasteiger partial charge in [-0.25, -0.2) is 9.97 Å². The maximum absolute atomic E-state index is 12.7. The van der Waals surface area contributed by atoms with Gasteiger partial charge in [-0.15, -0.1) is 0 Å². The second-order valence-corrected chi connectivity index (χ2v) is 9.57. The number of aromatic amines is 1. The first-order valence-corrected chi connectivity index (χ1v) is 13.1.